The van der Waals surface area contributed by atoms with Gasteiger partial charge in [0.2, 0.25) is 0 Å². The molecule has 0 aromatic heterocycles. The van der Waals surface area contributed by atoms with Crippen molar-refractivity contribution in [1.29, 1.82) is 0 Å². The Labute approximate surface area is 34.0 Å². The summed E-state index contributed by atoms with van der Waals surface area (Å²) in [4.78, 5) is 0. The van der Waals surface area contributed by atoms with Crippen molar-refractivity contribution in [2.45, 2.75) is 6.55 Å². The number of halogens is 1. The van der Waals surface area contributed by atoms with Crippen LogP contribution in [-0.4, -0.2) is 15.0 Å². The summed E-state index contributed by atoms with van der Waals surface area (Å²) in [5.74, 6) is 0. The first-order valence-electron chi connectivity index (χ1n) is 1.47. The van der Waals surface area contributed by atoms with Crippen LogP contribution in [0.4, 0.5) is 0 Å². The lowest BCUT2D eigenvalue weighted by molar-refractivity contribution is 2.04. The van der Waals surface area contributed by atoms with E-state index in [1.165, 1.54) is 0 Å². The topological polar surface area (TPSA) is 0 Å². The van der Waals surface area contributed by atoms with Crippen molar-refractivity contribution in [2.24, 2.45) is 0 Å². The van der Waals surface area contributed by atoms with Gasteiger partial charge < -0.3 is 0 Å². The fourth-order valence-electron chi connectivity index (χ4n) is 0. The van der Waals surface area contributed by atoms with E-state index in [-0.39, 0.29) is 9.52 Å². The molecule has 2 heteroatoms. The van der Waals surface area contributed by atoms with Crippen molar-refractivity contribution in [3.05, 3.63) is 0 Å². The van der Waals surface area contributed by atoms with Crippen LogP contribution in [0.25, 0.3) is 0 Å². The molecule has 0 saturated carbocycles. The molecule has 0 fully saturated rings. The van der Waals surface area contributed by atoms with Crippen molar-refractivity contribution in [3.63, 3.8) is 0 Å². The highest BCUT2D eigenvalue weighted by Crippen LogP contribution is 1.63. The molecule has 0 bridgehead atoms. The molecular formula is C2H7ClSi. The van der Waals surface area contributed by atoms with Gasteiger partial charge in [-0.15, -0.1) is 11.6 Å². The minimum absolute atomic E-state index is 0.190. The van der Waals surface area contributed by atoms with Crippen LogP contribution in [0.3, 0.4) is 0 Å². The zero-order valence-corrected chi connectivity index (χ0v) is 4.96. The summed E-state index contributed by atoms with van der Waals surface area (Å²) in [6, 6.07) is 0. The fourth-order valence-corrected chi connectivity index (χ4v) is 0. The Bertz CT molecular complexity index is 8.00. The lowest BCUT2D eigenvalue weighted by Crippen LogP contribution is -1.76. The molecule has 0 aromatic rings. The van der Waals surface area contributed by atoms with Crippen LogP contribution in [0.5, 0.6) is 0 Å². The van der Waals surface area contributed by atoms with Crippen LogP contribution in [0.1, 0.15) is 0 Å². The Morgan fingerprint density at radius 2 is 2.25 bits per heavy atom. The monoisotopic (exact) mass is 94.0 g/mol. The summed E-state index contributed by atoms with van der Waals surface area (Å²) in [7, 11) is 0.190. The Morgan fingerprint density at radius 3 is 2.25 bits per heavy atom. The second kappa shape index (κ2) is 3.51. The second-order valence-electron chi connectivity index (χ2n) is 0.689. The third-order valence-corrected chi connectivity index (χ3v) is 1.70. The van der Waals surface area contributed by atoms with Crippen LogP contribution in [0, 0.1) is 0 Å². The minimum Gasteiger partial charge on any atom is -0.131 e. The van der Waals surface area contributed by atoms with E-state index in [0.717, 1.165) is 5.50 Å². The molecule has 0 aliphatic rings. The van der Waals surface area contributed by atoms with Crippen molar-refractivity contribution in [2.75, 3.05) is 5.50 Å². The normalized spacial score (nSPS) is 10.5. The molecule has 0 aromatic carbocycles. The first-order valence-corrected chi connectivity index (χ1v) is 4.42. The maximum Gasteiger partial charge on any atom is 0.0348 e. The van der Waals surface area contributed by atoms with E-state index in [1.54, 1.807) is 0 Å². The first-order chi connectivity index (χ1) is 1.91. The highest BCUT2D eigenvalue weighted by molar-refractivity contribution is 6.49. The number of hydrogen-bond donors (Lipinski definition) is 0. The van der Waals surface area contributed by atoms with E-state index in [4.69, 9.17) is 11.6 Å². The maximum atomic E-state index is 5.25. The van der Waals surface area contributed by atoms with Crippen LogP contribution in [0.15, 0.2) is 0 Å². The third-order valence-electron chi connectivity index (χ3n) is 0.189. The van der Waals surface area contributed by atoms with Gasteiger partial charge in [-0.1, -0.05) is 6.55 Å². The largest absolute Gasteiger partial charge is 0.131 e. The summed E-state index contributed by atoms with van der Waals surface area (Å²) in [6.45, 7) is 2.19. The van der Waals surface area contributed by atoms with Gasteiger partial charge in [0.15, 0.2) is 0 Å². The summed E-state index contributed by atoms with van der Waals surface area (Å²) < 4.78 is 0. The van der Waals surface area contributed by atoms with E-state index in [2.05, 4.69) is 6.55 Å². The number of hydrogen-bond acceptors (Lipinski definition) is 0. The molecule has 0 spiro atoms. The molecule has 26 valence electrons. The highest BCUT2D eigenvalue weighted by Gasteiger charge is 1.61. The molecule has 0 unspecified atom stereocenters. The smallest absolute Gasteiger partial charge is 0.0348 e. The lowest BCUT2D eigenvalue weighted by Gasteiger charge is -1.63. The van der Waals surface area contributed by atoms with Gasteiger partial charge in [-0.05, 0) is 0 Å². The standard InChI is InChI=1S/C2H7ClSi/c1-4-2-3/h2,4H2,1H3. The Hall–Kier alpha value is 0.507. The van der Waals surface area contributed by atoms with Gasteiger partial charge in [-0.2, -0.15) is 0 Å². The lowest BCUT2D eigenvalue weighted by atomic mass is 11.9. The zero-order valence-electron chi connectivity index (χ0n) is 2.79. The summed E-state index contributed by atoms with van der Waals surface area (Å²) in [5, 5.41) is 0. The van der Waals surface area contributed by atoms with E-state index >= 15 is 0 Å². The van der Waals surface area contributed by atoms with Crippen molar-refractivity contribution in [1.82, 2.24) is 0 Å². The quantitative estimate of drug-likeness (QED) is 0.326. The molecule has 0 radical (unpaired) electrons. The maximum absolute atomic E-state index is 5.25. The van der Waals surface area contributed by atoms with E-state index < -0.39 is 0 Å². The zero-order chi connectivity index (χ0) is 3.41. The predicted molar refractivity (Wildman–Crippen MR) is 25.1 cm³/mol. The summed E-state index contributed by atoms with van der Waals surface area (Å²) in [6.07, 6.45) is 0. The summed E-state index contributed by atoms with van der Waals surface area (Å²) in [5.41, 5.74) is 0.931. The fraction of sp³-hybridized carbons (Fsp3) is 1.00. The SMILES string of the molecule is C[SiH2]CCl. The predicted octanol–water partition coefficient (Wildman–Crippen LogP) is 0.400. The molecule has 0 aliphatic heterocycles. The van der Waals surface area contributed by atoms with Gasteiger partial charge >= 0.3 is 0 Å². The van der Waals surface area contributed by atoms with E-state index in [9.17, 15) is 0 Å². The second-order valence-corrected chi connectivity index (χ2v) is 3.20. The summed E-state index contributed by atoms with van der Waals surface area (Å²) >= 11 is 5.25. The van der Waals surface area contributed by atoms with Crippen molar-refractivity contribution < 1.29 is 0 Å². The van der Waals surface area contributed by atoms with Crippen LogP contribution in [0.2, 0.25) is 6.55 Å². The van der Waals surface area contributed by atoms with Crippen molar-refractivity contribution >= 4 is 21.1 Å². The van der Waals surface area contributed by atoms with Gasteiger partial charge in [-0.3, -0.25) is 0 Å². The molecule has 0 aliphatic carbocycles. The molecule has 0 nitrogen and oxygen atoms in total. The molecule has 0 rings (SSSR count). The Kier molecular flexibility index (Phi) is 3.95. The van der Waals surface area contributed by atoms with Crippen LogP contribution < -0.4 is 0 Å². The number of alkyl halides is 1. The number of rotatable bonds is 1. The van der Waals surface area contributed by atoms with E-state index in [1.807, 2.05) is 0 Å². The minimum atomic E-state index is 0.190. The van der Waals surface area contributed by atoms with Gasteiger partial charge in [0, 0.05) is 15.0 Å². The van der Waals surface area contributed by atoms with Crippen LogP contribution >= 0.6 is 11.6 Å². The molecule has 0 N–H and O–H groups in total. The van der Waals surface area contributed by atoms with E-state index in [0.29, 0.717) is 0 Å². The Balaban J connectivity index is 1.97. The Morgan fingerprint density at radius 1 is 2.00 bits per heavy atom. The van der Waals surface area contributed by atoms with Gasteiger partial charge in [0.05, 0.1) is 0 Å². The third kappa shape index (κ3) is 2.51. The molecule has 0 heterocycles. The molecule has 0 amide bonds. The van der Waals surface area contributed by atoms with Gasteiger partial charge in [0.25, 0.3) is 0 Å². The van der Waals surface area contributed by atoms with Crippen molar-refractivity contribution in [3.8, 4) is 0 Å². The molecule has 0 saturated heterocycles. The van der Waals surface area contributed by atoms with Gasteiger partial charge in [-0.25, -0.2) is 0 Å². The molecule has 0 atom stereocenters. The average Bonchev–Trinajstić information content (AvgIpc) is 1.37. The molecule has 4 heavy (non-hydrogen) atoms. The average molecular weight is 94.6 g/mol. The van der Waals surface area contributed by atoms with Crippen LogP contribution in [-0.2, 0) is 0 Å². The first kappa shape index (κ1) is 4.51. The highest BCUT2D eigenvalue weighted by atomic mass is 35.5. The van der Waals surface area contributed by atoms with Gasteiger partial charge in [0.1, 0.15) is 0 Å². The molecular weight excluding hydrogens is 87.6 g/mol.